The van der Waals surface area contributed by atoms with Crippen LogP contribution < -0.4 is 11.0 Å². The third kappa shape index (κ3) is 1.96. The first kappa shape index (κ1) is 11.5. The number of nitrogens with zero attached hydrogens (tertiary/aromatic N) is 1. The number of amides is 1. The Kier molecular flexibility index (Phi) is 2.95. The average Bonchev–Trinajstić information content (AvgIpc) is 3.08. The van der Waals surface area contributed by atoms with Gasteiger partial charge >= 0.3 is 5.69 Å². The number of hydrogen-bond acceptors (Lipinski definition) is 3. The molecule has 3 rings (SSSR count). The molecule has 2 aliphatic heterocycles. The van der Waals surface area contributed by atoms with E-state index in [1.165, 1.54) is 12.6 Å². The molecule has 18 heavy (non-hydrogen) atoms. The minimum absolute atomic E-state index is 0.0652. The van der Waals surface area contributed by atoms with Crippen LogP contribution in [-0.2, 0) is 0 Å². The molecule has 6 nitrogen and oxygen atoms in total. The van der Waals surface area contributed by atoms with Gasteiger partial charge < -0.3 is 20.2 Å². The first-order chi connectivity index (χ1) is 8.75. The van der Waals surface area contributed by atoms with Crippen molar-refractivity contribution in [2.45, 2.75) is 37.8 Å². The number of carbonyl (C=O) groups is 1. The lowest BCUT2D eigenvalue weighted by molar-refractivity contribution is 0.0706. The lowest BCUT2D eigenvalue weighted by Crippen LogP contribution is -2.46. The highest BCUT2D eigenvalue weighted by Crippen LogP contribution is 2.25. The van der Waals surface area contributed by atoms with E-state index in [4.69, 9.17) is 0 Å². The molecule has 6 heteroatoms. The van der Waals surface area contributed by atoms with Gasteiger partial charge in [0.15, 0.2) is 0 Å². The minimum Gasteiger partial charge on any atom is -0.333 e. The van der Waals surface area contributed by atoms with Gasteiger partial charge in [-0.05, 0) is 32.2 Å². The summed E-state index contributed by atoms with van der Waals surface area (Å²) in [6.07, 6.45) is 5.88. The van der Waals surface area contributed by atoms with Gasteiger partial charge in [0.1, 0.15) is 5.69 Å². The predicted octanol–water partition coefficient (Wildman–Crippen LogP) is 0.0596. The van der Waals surface area contributed by atoms with E-state index in [1.807, 2.05) is 4.90 Å². The van der Waals surface area contributed by atoms with Crippen molar-refractivity contribution in [3.8, 4) is 0 Å². The molecule has 1 amide bonds. The van der Waals surface area contributed by atoms with Crippen LogP contribution >= 0.6 is 0 Å². The largest absolute Gasteiger partial charge is 0.333 e. The lowest BCUT2D eigenvalue weighted by atomic mass is 10.0. The molecule has 0 bridgehead atoms. The number of imidazole rings is 1. The highest BCUT2D eigenvalue weighted by Gasteiger charge is 2.36. The SMILES string of the molecule is O=C(c1c[nH]c(=O)[nH]1)N1CCCC1C1CCCN1. The lowest BCUT2D eigenvalue weighted by Gasteiger charge is -2.29. The number of aromatic amines is 2. The van der Waals surface area contributed by atoms with Crippen LogP contribution in [0.5, 0.6) is 0 Å². The van der Waals surface area contributed by atoms with Gasteiger partial charge in [-0.1, -0.05) is 0 Å². The molecule has 0 aromatic carbocycles. The topological polar surface area (TPSA) is 81.0 Å². The fraction of sp³-hybridized carbons (Fsp3) is 0.667. The molecule has 0 radical (unpaired) electrons. The monoisotopic (exact) mass is 250 g/mol. The molecule has 0 saturated carbocycles. The number of rotatable bonds is 2. The zero-order valence-electron chi connectivity index (χ0n) is 10.2. The summed E-state index contributed by atoms with van der Waals surface area (Å²) in [6, 6.07) is 0.695. The maximum Gasteiger partial charge on any atom is 0.323 e. The van der Waals surface area contributed by atoms with Crippen LogP contribution in [0.3, 0.4) is 0 Å². The molecule has 3 N–H and O–H groups in total. The summed E-state index contributed by atoms with van der Waals surface area (Å²) in [5.41, 5.74) is 0.0398. The maximum atomic E-state index is 12.3. The predicted molar refractivity (Wildman–Crippen MR) is 66.5 cm³/mol. The van der Waals surface area contributed by atoms with Gasteiger partial charge in [-0.15, -0.1) is 0 Å². The van der Waals surface area contributed by atoms with Gasteiger partial charge in [0.2, 0.25) is 0 Å². The highest BCUT2D eigenvalue weighted by atomic mass is 16.2. The molecular weight excluding hydrogens is 232 g/mol. The van der Waals surface area contributed by atoms with Crippen molar-refractivity contribution in [1.82, 2.24) is 20.2 Å². The third-order valence-electron chi connectivity index (χ3n) is 3.95. The number of likely N-dealkylation sites (tertiary alicyclic amines) is 1. The quantitative estimate of drug-likeness (QED) is 0.694. The van der Waals surface area contributed by atoms with Crippen LogP contribution in [0.2, 0.25) is 0 Å². The van der Waals surface area contributed by atoms with Crippen molar-refractivity contribution < 1.29 is 4.79 Å². The Balaban J connectivity index is 1.77. The number of carbonyl (C=O) groups excluding carboxylic acids is 1. The van der Waals surface area contributed by atoms with Gasteiger partial charge in [0, 0.05) is 24.8 Å². The van der Waals surface area contributed by atoms with E-state index in [2.05, 4.69) is 15.3 Å². The van der Waals surface area contributed by atoms with E-state index in [0.717, 1.165) is 32.4 Å². The summed E-state index contributed by atoms with van der Waals surface area (Å²) in [5.74, 6) is -0.0652. The van der Waals surface area contributed by atoms with Gasteiger partial charge in [-0.25, -0.2) is 4.79 Å². The number of hydrogen-bond donors (Lipinski definition) is 3. The van der Waals surface area contributed by atoms with Crippen LogP contribution in [0.4, 0.5) is 0 Å². The molecule has 1 aromatic heterocycles. The Labute approximate surface area is 105 Å². The average molecular weight is 250 g/mol. The molecule has 2 unspecified atom stereocenters. The summed E-state index contributed by atoms with van der Waals surface area (Å²) in [7, 11) is 0. The first-order valence-electron chi connectivity index (χ1n) is 6.58. The third-order valence-corrected chi connectivity index (χ3v) is 3.95. The molecule has 3 heterocycles. The van der Waals surface area contributed by atoms with Crippen molar-refractivity contribution >= 4 is 5.91 Å². The van der Waals surface area contributed by atoms with Crippen molar-refractivity contribution in [1.29, 1.82) is 0 Å². The van der Waals surface area contributed by atoms with Crippen molar-refractivity contribution in [3.63, 3.8) is 0 Å². The van der Waals surface area contributed by atoms with E-state index in [0.29, 0.717) is 11.7 Å². The maximum absolute atomic E-state index is 12.3. The molecule has 2 saturated heterocycles. The molecule has 2 fully saturated rings. The highest BCUT2D eigenvalue weighted by molar-refractivity contribution is 5.92. The second-order valence-corrected chi connectivity index (χ2v) is 5.07. The van der Waals surface area contributed by atoms with Gasteiger partial charge in [-0.2, -0.15) is 0 Å². The van der Waals surface area contributed by atoms with E-state index < -0.39 is 0 Å². The summed E-state index contributed by atoms with van der Waals surface area (Å²) in [6.45, 7) is 1.83. The van der Waals surface area contributed by atoms with Crippen molar-refractivity contribution in [3.05, 3.63) is 22.4 Å². The molecule has 2 atom stereocenters. The molecule has 0 spiro atoms. The van der Waals surface area contributed by atoms with Gasteiger partial charge in [0.05, 0.1) is 0 Å². The Hall–Kier alpha value is -1.56. The summed E-state index contributed by atoms with van der Waals surface area (Å²) in [5, 5.41) is 3.47. The fourth-order valence-electron chi connectivity index (χ4n) is 3.11. The number of aromatic nitrogens is 2. The fourth-order valence-corrected chi connectivity index (χ4v) is 3.11. The van der Waals surface area contributed by atoms with Crippen LogP contribution in [0, 0.1) is 0 Å². The van der Waals surface area contributed by atoms with Crippen molar-refractivity contribution in [2.24, 2.45) is 0 Å². The Morgan fingerprint density at radius 3 is 2.89 bits per heavy atom. The van der Waals surface area contributed by atoms with E-state index >= 15 is 0 Å². The number of H-pyrrole nitrogens is 2. The molecule has 98 valence electrons. The van der Waals surface area contributed by atoms with Crippen molar-refractivity contribution in [2.75, 3.05) is 13.1 Å². The Morgan fingerprint density at radius 2 is 2.22 bits per heavy atom. The molecule has 1 aromatic rings. The summed E-state index contributed by atoms with van der Waals surface area (Å²) >= 11 is 0. The van der Waals surface area contributed by atoms with Gasteiger partial charge in [0.25, 0.3) is 5.91 Å². The zero-order chi connectivity index (χ0) is 12.5. The van der Waals surface area contributed by atoms with Crippen LogP contribution in [-0.4, -0.2) is 45.9 Å². The van der Waals surface area contributed by atoms with E-state index in [1.54, 1.807) is 0 Å². The Morgan fingerprint density at radius 1 is 1.33 bits per heavy atom. The first-order valence-corrected chi connectivity index (χ1v) is 6.58. The van der Waals surface area contributed by atoms with Gasteiger partial charge in [-0.3, -0.25) is 4.79 Å². The standard InChI is InChI=1S/C12H18N4O2/c17-11(9-7-14-12(18)15-9)16-6-2-4-10(16)8-3-1-5-13-8/h7-8,10,13H,1-6H2,(H2,14,15,18). The smallest absolute Gasteiger partial charge is 0.323 e. The van der Waals surface area contributed by atoms with E-state index in [9.17, 15) is 9.59 Å². The summed E-state index contributed by atoms with van der Waals surface area (Å²) < 4.78 is 0. The normalized spacial score (nSPS) is 27.9. The molecule has 0 aliphatic carbocycles. The van der Waals surface area contributed by atoms with E-state index in [-0.39, 0.29) is 17.6 Å². The molecular formula is C12H18N4O2. The zero-order valence-corrected chi connectivity index (χ0v) is 10.2. The minimum atomic E-state index is -0.326. The Bertz CT molecular complexity index is 486. The van der Waals surface area contributed by atoms with Crippen LogP contribution in [0.15, 0.2) is 11.0 Å². The van der Waals surface area contributed by atoms with Crippen LogP contribution in [0.25, 0.3) is 0 Å². The second kappa shape index (κ2) is 4.61. The molecule has 2 aliphatic rings. The van der Waals surface area contributed by atoms with Crippen LogP contribution in [0.1, 0.15) is 36.2 Å². The second-order valence-electron chi connectivity index (χ2n) is 5.07. The number of nitrogens with one attached hydrogen (secondary N) is 3. The summed E-state index contributed by atoms with van der Waals surface area (Å²) in [4.78, 5) is 30.3.